The number of likely N-dealkylation sites (tertiary alicyclic amines) is 1. The molecule has 1 aromatic rings. The van der Waals surface area contributed by atoms with E-state index in [1.165, 1.54) is 0 Å². The average molecular weight is 386 g/mol. The fourth-order valence-corrected chi connectivity index (χ4v) is 4.19. The fraction of sp³-hybridized carbons (Fsp3) is 0.591. The molecule has 0 unspecified atom stereocenters. The molecule has 0 radical (unpaired) electrons. The summed E-state index contributed by atoms with van der Waals surface area (Å²) in [6.07, 6.45) is 1.73. The average Bonchev–Trinajstić information content (AvgIpc) is 2.64. The van der Waals surface area contributed by atoms with Gasteiger partial charge in [0.05, 0.1) is 0 Å². The molecule has 0 spiro atoms. The van der Waals surface area contributed by atoms with Gasteiger partial charge in [-0.2, -0.15) is 0 Å². The van der Waals surface area contributed by atoms with Crippen LogP contribution in [-0.4, -0.2) is 48.3 Å². The Hall–Kier alpha value is -2.37. The van der Waals surface area contributed by atoms with Crippen molar-refractivity contribution in [1.29, 1.82) is 0 Å². The van der Waals surface area contributed by atoms with E-state index < -0.39 is 0 Å². The van der Waals surface area contributed by atoms with E-state index in [1.807, 2.05) is 38.1 Å². The highest BCUT2D eigenvalue weighted by Gasteiger charge is 2.38. The molecule has 1 N–H and O–H groups in total. The quantitative estimate of drug-likeness (QED) is 0.866. The minimum absolute atomic E-state index is 0.0109. The first-order valence-corrected chi connectivity index (χ1v) is 10.2. The van der Waals surface area contributed by atoms with Crippen LogP contribution in [0.3, 0.4) is 0 Å². The highest BCUT2D eigenvalue weighted by Crippen LogP contribution is 2.39. The van der Waals surface area contributed by atoms with Crippen molar-refractivity contribution < 1.29 is 14.4 Å². The lowest BCUT2D eigenvalue weighted by molar-refractivity contribution is -0.135. The van der Waals surface area contributed by atoms with Crippen molar-refractivity contribution in [2.75, 3.05) is 24.5 Å². The number of carbonyl (C=O) groups excluding carboxylic acids is 3. The summed E-state index contributed by atoms with van der Waals surface area (Å²) < 4.78 is 0. The molecular weight excluding hydrogens is 354 g/mol. The third kappa shape index (κ3) is 4.21. The molecule has 2 heterocycles. The lowest BCUT2D eigenvalue weighted by Crippen LogP contribution is -2.50. The van der Waals surface area contributed by atoms with Crippen LogP contribution in [0.1, 0.15) is 52.5 Å². The van der Waals surface area contributed by atoms with Crippen LogP contribution in [0.4, 0.5) is 5.69 Å². The number of piperidine rings is 1. The van der Waals surface area contributed by atoms with Gasteiger partial charge < -0.3 is 15.1 Å². The Labute approximate surface area is 167 Å². The van der Waals surface area contributed by atoms with E-state index >= 15 is 0 Å². The van der Waals surface area contributed by atoms with Gasteiger partial charge in [0.15, 0.2) is 0 Å². The Balaban J connectivity index is 1.64. The highest BCUT2D eigenvalue weighted by molar-refractivity contribution is 6.02. The van der Waals surface area contributed by atoms with Crippen molar-refractivity contribution in [3.05, 3.63) is 29.8 Å². The Kier molecular flexibility index (Phi) is 5.77. The molecular formula is C22H31N3O3. The number of hydrogen-bond acceptors (Lipinski definition) is 3. The van der Waals surface area contributed by atoms with Crippen LogP contribution in [-0.2, 0) is 19.8 Å². The summed E-state index contributed by atoms with van der Waals surface area (Å²) in [4.78, 5) is 41.2. The largest absolute Gasteiger partial charge is 0.354 e. The minimum atomic E-state index is -0.227. The second-order valence-corrected chi connectivity index (χ2v) is 8.88. The van der Waals surface area contributed by atoms with Gasteiger partial charge in [-0.25, -0.2) is 0 Å². The Morgan fingerprint density at radius 2 is 1.82 bits per heavy atom. The van der Waals surface area contributed by atoms with Crippen molar-refractivity contribution in [3.8, 4) is 0 Å². The van der Waals surface area contributed by atoms with Gasteiger partial charge in [0.2, 0.25) is 17.7 Å². The molecule has 2 aliphatic rings. The van der Waals surface area contributed by atoms with Gasteiger partial charge in [0.25, 0.3) is 0 Å². The van der Waals surface area contributed by atoms with Crippen molar-refractivity contribution >= 4 is 23.4 Å². The van der Waals surface area contributed by atoms with Crippen molar-refractivity contribution in [1.82, 2.24) is 10.2 Å². The number of para-hydroxylation sites is 1. The zero-order chi connectivity index (χ0) is 20.5. The van der Waals surface area contributed by atoms with Crippen LogP contribution < -0.4 is 10.2 Å². The normalized spacial score (nSPS) is 19.5. The molecule has 6 nitrogen and oxygen atoms in total. The van der Waals surface area contributed by atoms with E-state index in [4.69, 9.17) is 0 Å². The summed E-state index contributed by atoms with van der Waals surface area (Å²) in [5.41, 5.74) is 1.71. The number of carbonyl (C=O) groups is 3. The molecule has 152 valence electrons. The van der Waals surface area contributed by atoms with E-state index in [-0.39, 0.29) is 41.6 Å². The van der Waals surface area contributed by atoms with E-state index in [9.17, 15) is 14.4 Å². The molecule has 2 aliphatic heterocycles. The highest BCUT2D eigenvalue weighted by atomic mass is 16.2. The molecule has 1 saturated heterocycles. The third-order valence-electron chi connectivity index (χ3n) is 5.76. The first kappa shape index (κ1) is 20.4. The van der Waals surface area contributed by atoms with Crippen LogP contribution in [0, 0.1) is 5.92 Å². The zero-order valence-electron chi connectivity index (χ0n) is 17.3. The minimum Gasteiger partial charge on any atom is -0.354 e. The van der Waals surface area contributed by atoms with Gasteiger partial charge in [-0.1, -0.05) is 32.0 Å². The molecule has 0 atom stereocenters. The number of nitrogens with zero attached hydrogens (tertiary/aromatic N) is 2. The number of anilines is 1. The van der Waals surface area contributed by atoms with Crippen LogP contribution in [0.25, 0.3) is 0 Å². The van der Waals surface area contributed by atoms with E-state index in [1.54, 1.807) is 9.80 Å². The maximum Gasteiger partial charge on any atom is 0.242 e. The van der Waals surface area contributed by atoms with Crippen LogP contribution in [0.5, 0.6) is 0 Å². The molecule has 6 heteroatoms. The molecule has 0 aromatic heterocycles. The molecule has 0 saturated carbocycles. The van der Waals surface area contributed by atoms with Gasteiger partial charge >= 0.3 is 0 Å². The van der Waals surface area contributed by atoms with Crippen LogP contribution in [0.15, 0.2) is 24.3 Å². The molecule has 1 aromatic carbocycles. The number of amides is 3. The Morgan fingerprint density at radius 3 is 2.46 bits per heavy atom. The lowest BCUT2D eigenvalue weighted by Gasteiger charge is -2.39. The Morgan fingerprint density at radius 1 is 1.18 bits per heavy atom. The first-order chi connectivity index (χ1) is 13.2. The number of nitrogens with one attached hydrogen (secondary N) is 1. The van der Waals surface area contributed by atoms with Crippen molar-refractivity contribution in [3.63, 3.8) is 0 Å². The number of hydrogen-bond donors (Lipinski definition) is 1. The van der Waals surface area contributed by atoms with Gasteiger partial charge in [0, 0.05) is 42.6 Å². The van der Waals surface area contributed by atoms with E-state index in [0.717, 1.165) is 11.3 Å². The second-order valence-electron chi connectivity index (χ2n) is 8.88. The fourth-order valence-electron chi connectivity index (χ4n) is 4.19. The second kappa shape index (κ2) is 7.94. The maximum atomic E-state index is 12.9. The maximum absolute atomic E-state index is 12.9. The zero-order valence-corrected chi connectivity index (χ0v) is 17.3. The van der Waals surface area contributed by atoms with E-state index in [2.05, 4.69) is 19.2 Å². The standard InChI is InChI=1S/C22H31N3O3/c1-15(2)23-21(28)16-9-11-24(12-10-16)20(27)14-25-18-8-6-5-7-17(18)22(3,4)13-19(25)26/h5-8,15-16H,9-14H2,1-4H3,(H,23,28). The van der Waals surface area contributed by atoms with Crippen LogP contribution >= 0.6 is 0 Å². The summed E-state index contributed by atoms with van der Waals surface area (Å²) in [6, 6.07) is 7.97. The first-order valence-electron chi connectivity index (χ1n) is 10.2. The van der Waals surface area contributed by atoms with E-state index in [0.29, 0.717) is 32.4 Å². The monoisotopic (exact) mass is 385 g/mol. The summed E-state index contributed by atoms with van der Waals surface area (Å²) in [6.45, 7) is 9.21. The molecule has 28 heavy (non-hydrogen) atoms. The van der Waals surface area contributed by atoms with Gasteiger partial charge in [-0.05, 0) is 38.3 Å². The predicted octanol–water partition coefficient (Wildman–Crippen LogP) is 2.46. The summed E-state index contributed by atoms with van der Waals surface area (Å²) in [5, 5.41) is 2.95. The lowest BCUT2D eigenvalue weighted by atomic mass is 9.77. The molecule has 3 amide bonds. The van der Waals surface area contributed by atoms with Crippen molar-refractivity contribution in [2.45, 2.75) is 58.4 Å². The predicted molar refractivity (Wildman–Crippen MR) is 109 cm³/mol. The molecule has 0 aliphatic carbocycles. The topological polar surface area (TPSA) is 69.7 Å². The van der Waals surface area contributed by atoms with Crippen LogP contribution in [0.2, 0.25) is 0 Å². The van der Waals surface area contributed by atoms with Gasteiger partial charge in [-0.3, -0.25) is 14.4 Å². The molecule has 0 bridgehead atoms. The molecule has 1 fully saturated rings. The SMILES string of the molecule is CC(C)NC(=O)C1CCN(C(=O)CN2C(=O)CC(C)(C)c3ccccc32)CC1. The van der Waals surface area contributed by atoms with Crippen molar-refractivity contribution in [2.24, 2.45) is 5.92 Å². The molecule has 3 rings (SSSR count). The summed E-state index contributed by atoms with van der Waals surface area (Å²) in [5.74, 6) is -0.0251. The summed E-state index contributed by atoms with van der Waals surface area (Å²) in [7, 11) is 0. The van der Waals surface area contributed by atoms with Gasteiger partial charge in [0.1, 0.15) is 6.54 Å². The third-order valence-corrected chi connectivity index (χ3v) is 5.76. The smallest absolute Gasteiger partial charge is 0.242 e. The number of benzene rings is 1. The number of rotatable bonds is 4. The Bertz CT molecular complexity index is 764. The summed E-state index contributed by atoms with van der Waals surface area (Å²) >= 11 is 0. The van der Waals surface area contributed by atoms with Gasteiger partial charge in [-0.15, -0.1) is 0 Å². The number of fused-ring (bicyclic) bond motifs is 1.